The molecule has 176 valence electrons. The van der Waals surface area contributed by atoms with Crippen LogP contribution < -0.4 is 5.32 Å². The molecule has 32 heavy (non-hydrogen) atoms. The number of urea groups is 1. The number of carbonyl (C=O) groups is 2. The van der Waals surface area contributed by atoms with E-state index in [2.05, 4.69) is 10.4 Å². The summed E-state index contributed by atoms with van der Waals surface area (Å²) in [7, 11) is 0. The molecule has 1 aliphatic carbocycles. The molecule has 1 N–H and O–H groups in total. The Bertz CT molecular complexity index is 876. The molecule has 1 aromatic heterocycles. The summed E-state index contributed by atoms with van der Waals surface area (Å²) in [5, 5.41) is 7.09. The molecule has 2 atom stereocenters. The van der Waals surface area contributed by atoms with Crippen LogP contribution >= 0.6 is 0 Å². The molecule has 4 heterocycles. The summed E-state index contributed by atoms with van der Waals surface area (Å²) in [6, 6.07) is -0.184. The molecule has 3 amide bonds. The monoisotopic (exact) mass is 455 g/mol. The van der Waals surface area contributed by atoms with E-state index in [1.165, 1.54) is 6.20 Å². The highest BCUT2D eigenvalue weighted by Crippen LogP contribution is 2.58. The van der Waals surface area contributed by atoms with Crippen LogP contribution in [0.2, 0.25) is 0 Å². The fraction of sp³-hybridized carbons (Fsp3) is 0.762. The van der Waals surface area contributed by atoms with Crippen molar-refractivity contribution >= 4 is 11.9 Å². The molecule has 5 rings (SSSR count). The second-order valence-electron chi connectivity index (χ2n) is 9.50. The molecular formula is C21H28F3N5O3. The van der Waals surface area contributed by atoms with Gasteiger partial charge in [-0.2, -0.15) is 18.3 Å². The van der Waals surface area contributed by atoms with E-state index >= 15 is 0 Å². The van der Waals surface area contributed by atoms with E-state index < -0.39 is 11.6 Å². The summed E-state index contributed by atoms with van der Waals surface area (Å²) in [4.78, 5) is 28.2. The molecule has 0 aromatic carbocycles. The lowest BCUT2D eigenvalue weighted by Crippen LogP contribution is -2.62. The van der Waals surface area contributed by atoms with Crippen LogP contribution in [-0.4, -0.2) is 82.6 Å². The Balaban J connectivity index is 1.12. The van der Waals surface area contributed by atoms with Crippen LogP contribution in [0.4, 0.5) is 18.0 Å². The highest BCUT2D eigenvalue weighted by Gasteiger charge is 2.64. The van der Waals surface area contributed by atoms with Crippen LogP contribution in [0.3, 0.4) is 0 Å². The van der Waals surface area contributed by atoms with Gasteiger partial charge in [0.25, 0.3) is 0 Å². The van der Waals surface area contributed by atoms with Crippen molar-refractivity contribution in [3.63, 3.8) is 0 Å². The third kappa shape index (κ3) is 3.95. The zero-order valence-electron chi connectivity index (χ0n) is 17.8. The number of hydrogen-bond acceptors (Lipinski definition) is 4. The van der Waals surface area contributed by atoms with Crippen LogP contribution in [0.5, 0.6) is 0 Å². The molecule has 1 aromatic rings. The van der Waals surface area contributed by atoms with Gasteiger partial charge in [0.2, 0.25) is 5.91 Å². The van der Waals surface area contributed by atoms with Gasteiger partial charge in [0.1, 0.15) is 6.61 Å². The number of alkyl halides is 3. The Morgan fingerprint density at radius 3 is 2.59 bits per heavy atom. The Morgan fingerprint density at radius 2 is 1.91 bits per heavy atom. The van der Waals surface area contributed by atoms with Crippen LogP contribution in [0.15, 0.2) is 12.4 Å². The second-order valence-corrected chi connectivity index (χ2v) is 9.50. The highest BCUT2D eigenvalue weighted by atomic mass is 19.4. The maximum absolute atomic E-state index is 13.3. The molecule has 3 saturated heterocycles. The summed E-state index contributed by atoms with van der Waals surface area (Å²) in [5.41, 5.74) is -1.43. The zero-order valence-corrected chi connectivity index (χ0v) is 17.8. The van der Waals surface area contributed by atoms with Crippen molar-refractivity contribution in [2.45, 2.75) is 62.4 Å². The van der Waals surface area contributed by atoms with Gasteiger partial charge in [-0.15, -0.1) is 0 Å². The third-order valence-electron chi connectivity index (χ3n) is 7.40. The number of hydrogen-bond donors (Lipinski definition) is 1. The SMILES string of the molecule is O=C1CO[C@H]2CCN(C(=O)N3CCC(Cn4cc(C5(C(F)(F)F)CC5)cn4)CC3)C[C@H]2N1. The van der Waals surface area contributed by atoms with Gasteiger partial charge in [-0.3, -0.25) is 9.48 Å². The van der Waals surface area contributed by atoms with Gasteiger partial charge in [-0.05, 0) is 38.0 Å². The molecule has 3 aliphatic heterocycles. The van der Waals surface area contributed by atoms with Crippen molar-refractivity contribution in [3.8, 4) is 0 Å². The van der Waals surface area contributed by atoms with Gasteiger partial charge in [-0.25, -0.2) is 4.79 Å². The van der Waals surface area contributed by atoms with Gasteiger partial charge >= 0.3 is 12.2 Å². The minimum Gasteiger partial charge on any atom is -0.366 e. The van der Waals surface area contributed by atoms with Crippen molar-refractivity contribution in [1.82, 2.24) is 24.9 Å². The Hall–Kier alpha value is -2.30. The molecular weight excluding hydrogens is 427 g/mol. The van der Waals surface area contributed by atoms with E-state index in [1.807, 2.05) is 4.90 Å². The lowest BCUT2D eigenvalue weighted by molar-refractivity contribution is -0.160. The number of likely N-dealkylation sites (tertiary alicyclic amines) is 2. The number of fused-ring (bicyclic) bond motifs is 1. The van der Waals surface area contributed by atoms with Crippen molar-refractivity contribution in [2.24, 2.45) is 5.92 Å². The summed E-state index contributed by atoms with van der Waals surface area (Å²) >= 11 is 0. The first-order chi connectivity index (χ1) is 15.2. The van der Waals surface area contributed by atoms with Crippen molar-refractivity contribution < 1.29 is 27.5 Å². The number of aromatic nitrogens is 2. The second kappa shape index (κ2) is 7.93. The minimum absolute atomic E-state index is 0.0241. The number of rotatable bonds is 3. The highest BCUT2D eigenvalue weighted by molar-refractivity contribution is 5.79. The predicted molar refractivity (Wildman–Crippen MR) is 107 cm³/mol. The Kier molecular flexibility index (Phi) is 5.34. The maximum atomic E-state index is 13.3. The quantitative estimate of drug-likeness (QED) is 0.755. The molecule has 4 aliphatic rings. The van der Waals surface area contributed by atoms with Crippen LogP contribution in [0.25, 0.3) is 0 Å². The Labute approximate surface area is 184 Å². The normalized spacial score (nSPS) is 28.3. The largest absolute Gasteiger partial charge is 0.398 e. The fourth-order valence-corrected chi connectivity index (χ4v) is 5.22. The number of amides is 3. The fourth-order valence-electron chi connectivity index (χ4n) is 5.22. The number of piperidine rings is 2. The molecule has 0 radical (unpaired) electrons. The van der Waals surface area contributed by atoms with Crippen LogP contribution in [-0.2, 0) is 21.5 Å². The van der Waals surface area contributed by atoms with E-state index in [-0.39, 0.29) is 55.0 Å². The lowest BCUT2D eigenvalue weighted by Gasteiger charge is -2.43. The molecule has 8 nitrogen and oxygen atoms in total. The van der Waals surface area contributed by atoms with E-state index in [0.717, 1.165) is 12.8 Å². The van der Waals surface area contributed by atoms with Crippen LogP contribution in [0, 0.1) is 5.92 Å². The molecule has 0 bridgehead atoms. The Morgan fingerprint density at radius 1 is 1.19 bits per heavy atom. The van der Waals surface area contributed by atoms with Gasteiger partial charge in [0, 0.05) is 44.5 Å². The summed E-state index contributed by atoms with van der Waals surface area (Å²) < 4.78 is 47.2. The summed E-state index contributed by atoms with van der Waals surface area (Å²) in [5.74, 6) is 0.121. The summed E-state index contributed by atoms with van der Waals surface area (Å²) in [6.07, 6.45) is 1.18. The molecule has 11 heteroatoms. The first kappa shape index (κ1) is 21.5. The molecule has 4 fully saturated rings. The van der Waals surface area contributed by atoms with E-state index in [9.17, 15) is 22.8 Å². The minimum atomic E-state index is -4.23. The van der Waals surface area contributed by atoms with E-state index in [0.29, 0.717) is 39.1 Å². The zero-order chi connectivity index (χ0) is 22.5. The van der Waals surface area contributed by atoms with Gasteiger partial charge in [0.05, 0.1) is 23.8 Å². The third-order valence-corrected chi connectivity index (χ3v) is 7.40. The average molecular weight is 455 g/mol. The predicted octanol–water partition coefficient (Wildman–Crippen LogP) is 1.90. The van der Waals surface area contributed by atoms with E-state index in [4.69, 9.17) is 4.74 Å². The van der Waals surface area contributed by atoms with Gasteiger partial charge < -0.3 is 19.9 Å². The molecule has 0 spiro atoms. The smallest absolute Gasteiger partial charge is 0.366 e. The summed E-state index contributed by atoms with van der Waals surface area (Å²) in [6.45, 7) is 2.92. The molecule has 1 saturated carbocycles. The number of nitrogens with one attached hydrogen (secondary N) is 1. The van der Waals surface area contributed by atoms with Crippen LogP contribution in [0.1, 0.15) is 37.7 Å². The topological polar surface area (TPSA) is 79.7 Å². The number of carbonyl (C=O) groups excluding carboxylic acids is 2. The average Bonchev–Trinajstić information content (AvgIpc) is 3.47. The first-order valence-corrected chi connectivity index (χ1v) is 11.3. The number of nitrogens with zero attached hydrogens (tertiary/aromatic N) is 4. The molecule has 0 unspecified atom stereocenters. The van der Waals surface area contributed by atoms with E-state index in [1.54, 1.807) is 15.8 Å². The van der Waals surface area contributed by atoms with Crippen molar-refractivity contribution in [3.05, 3.63) is 18.0 Å². The number of halogens is 3. The van der Waals surface area contributed by atoms with Crippen molar-refractivity contribution in [2.75, 3.05) is 32.8 Å². The maximum Gasteiger partial charge on any atom is 0.398 e. The number of morpholine rings is 1. The standard InChI is InChI=1S/C21H28F3N5O3/c22-21(23,24)20(4-5-20)15-9-25-29(11-15)10-14-1-6-27(7-2-14)19(31)28-8-3-17-16(12-28)26-18(30)13-32-17/h9,11,14,16-17H,1-8,10,12-13H2,(H,26,30)/t16-,17+/m1/s1. The van der Waals surface area contributed by atoms with Gasteiger partial charge in [0.15, 0.2) is 0 Å². The first-order valence-electron chi connectivity index (χ1n) is 11.3. The number of ether oxygens (including phenoxy) is 1. The lowest BCUT2D eigenvalue weighted by atomic mass is 9.96. The van der Waals surface area contributed by atoms with Crippen molar-refractivity contribution in [1.29, 1.82) is 0 Å². The van der Waals surface area contributed by atoms with Gasteiger partial charge in [-0.1, -0.05) is 0 Å².